The molecule has 2 atom stereocenters. The Hall–Kier alpha value is -0.300. The zero-order valence-corrected chi connectivity index (χ0v) is 13.6. The van der Waals surface area contributed by atoms with Crippen molar-refractivity contribution in [1.82, 2.24) is 0 Å². The van der Waals surface area contributed by atoms with Crippen LogP contribution in [0, 0.1) is 5.92 Å². The highest BCUT2D eigenvalue weighted by molar-refractivity contribution is 9.10. The molecule has 1 aliphatic heterocycles. The van der Waals surface area contributed by atoms with E-state index in [-0.39, 0.29) is 17.4 Å². The van der Waals surface area contributed by atoms with Crippen LogP contribution < -0.4 is 10.5 Å². The summed E-state index contributed by atoms with van der Waals surface area (Å²) < 4.78 is 29.1. The number of rotatable bonds is 3. The van der Waals surface area contributed by atoms with Gasteiger partial charge >= 0.3 is 0 Å². The Morgan fingerprint density at radius 2 is 2.21 bits per heavy atom. The Morgan fingerprint density at radius 3 is 2.74 bits per heavy atom. The molecule has 2 unspecified atom stereocenters. The molecular weight excluding hydrogens is 354 g/mol. The van der Waals surface area contributed by atoms with E-state index in [1.54, 1.807) is 19.2 Å². The molecule has 1 saturated heterocycles. The summed E-state index contributed by atoms with van der Waals surface area (Å²) in [5.41, 5.74) is 6.95. The molecule has 0 spiro atoms. The molecule has 2 N–H and O–H groups in total. The van der Waals surface area contributed by atoms with Crippen LogP contribution in [-0.2, 0) is 9.84 Å². The summed E-state index contributed by atoms with van der Waals surface area (Å²) in [6.07, 6.45) is 0.580. The maximum atomic E-state index is 11.5. The van der Waals surface area contributed by atoms with Crippen molar-refractivity contribution in [2.24, 2.45) is 11.7 Å². The first-order valence-corrected chi connectivity index (χ1v) is 8.82. The van der Waals surface area contributed by atoms with Crippen LogP contribution in [0.5, 0.6) is 5.75 Å². The Kier molecular flexibility index (Phi) is 4.45. The van der Waals surface area contributed by atoms with Gasteiger partial charge in [-0.1, -0.05) is 11.6 Å². The molecule has 1 aliphatic rings. The fraction of sp³-hybridized carbons (Fsp3) is 0.500. The molecule has 1 aromatic rings. The minimum absolute atomic E-state index is 0.0933. The quantitative estimate of drug-likeness (QED) is 0.890. The fourth-order valence-corrected chi connectivity index (χ4v) is 5.25. The minimum Gasteiger partial charge on any atom is -0.495 e. The Labute approximate surface area is 126 Å². The van der Waals surface area contributed by atoms with Crippen LogP contribution in [0.2, 0.25) is 5.02 Å². The van der Waals surface area contributed by atoms with Crippen molar-refractivity contribution in [2.45, 2.75) is 12.5 Å². The van der Waals surface area contributed by atoms with E-state index in [1.165, 1.54) is 0 Å². The zero-order chi connectivity index (χ0) is 14.2. The summed E-state index contributed by atoms with van der Waals surface area (Å²) >= 11 is 9.40. The summed E-state index contributed by atoms with van der Waals surface area (Å²) in [4.78, 5) is 0. The van der Waals surface area contributed by atoms with Crippen molar-refractivity contribution in [1.29, 1.82) is 0 Å². The zero-order valence-electron chi connectivity index (χ0n) is 10.4. The maximum Gasteiger partial charge on any atom is 0.150 e. The largest absolute Gasteiger partial charge is 0.495 e. The standard InChI is InChI=1S/C12H15BrClNO3S/c1-18-12-9(4-8(14)5-10(12)13)11(15)7-2-3-19(16,17)6-7/h4-5,7,11H,2-3,6,15H2,1H3. The fourth-order valence-electron chi connectivity index (χ4n) is 2.40. The van der Waals surface area contributed by atoms with Crippen LogP contribution in [0.3, 0.4) is 0 Å². The smallest absolute Gasteiger partial charge is 0.150 e. The SMILES string of the molecule is COc1c(Br)cc(Cl)cc1C(N)C1CCS(=O)(=O)C1. The number of nitrogens with two attached hydrogens (primary N) is 1. The lowest BCUT2D eigenvalue weighted by Gasteiger charge is -2.21. The highest BCUT2D eigenvalue weighted by Gasteiger charge is 2.34. The number of halogens is 2. The molecule has 1 aromatic carbocycles. The molecule has 0 amide bonds. The monoisotopic (exact) mass is 367 g/mol. The van der Waals surface area contributed by atoms with Crippen LogP contribution in [0.4, 0.5) is 0 Å². The molecule has 2 rings (SSSR count). The number of ether oxygens (including phenoxy) is 1. The molecule has 0 radical (unpaired) electrons. The highest BCUT2D eigenvalue weighted by atomic mass is 79.9. The van der Waals surface area contributed by atoms with Gasteiger partial charge in [-0.15, -0.1) is 0 Å². The van der Waals surface area contributed by atoms with Crippen molar-refractivity contribution in [3.8, 4) is 5.75 Å². The Bertz CT molecular complexity index is 591. The Morgan fingerprint density at radius 1 is 1.53 bits per heavy atom. The first-order chi connectivity index (χ1) is 8.84. The second-order valence-electron chi connectivity index (χ2n) is 4.70. The third-order valence-electron chi connectivity index (χ3n) is 3.38. The number of hydrogen-bond acceptors (Lipinski definition) is 4. The topological polar surface area (TPSA) is 69.4 Å². The van der Waals surface area contributed by atoms with E-state index in [9.17, 15) is 8.42 Å². The number of hydrogen-bond donors (Lipinski definition) is 1. The van der Waals surface area contributed by atoms with Gasteiger partial charge in [0, 0.05) is 16.6 Å². The second kappa shape index (κ2) is 5.60. The minimum atomic E-state index is -2.95. The average molecular weight is 369 g/mol. The van der Waals surface area contributed by atoms with Crippen LogP contribution >= 0.6 is 27.5 Å². The third kappa shape index (κ3) is 3.24. The lowest BCUT2D eigenvalue weighted by molar-refractivity contribution is 0.390. The predicted molar refractivity (Wildman–Crippen MR) is 79.4 cm³/mol. The average Bonchev–Trinajstić information content (AvgIpc) is 2.68. The number of methoxy groups -OCH3 is 1. The predicted octanol–water partition coefficient (Wildman–Crippen LogP) is 2.55. The van der Waals surface area contributed by atoms with Crippen molar-refractivity contribution in [3.63, 3.8) is 0 Å². The first-order valence-electron chi connectivity index (χ1n) is 5.83. The van der Waals surface area contributed by atoms with E-state index >= 15 is 0 Å². The van der Waals surface area contributed by atoms with Crippen LogP contribution in [0.25, 0.3) is 0 Å². The number of sulfone groups is 1. The van der Waals surface area contributed by atoms with E-state index in [0.29, 0.717) is 21.7 Å². The summed E-state index contributed by atoms with van der Waals surface area (Å²) in [6, 6.07) is 3.06. The maximum absolute atomic E-state index is 11.5. The lowest BCUT2D eigenvalue weighted by Crippen LogP contribution is -2.23. The van der Waals surface area contributed by atoms with E-state index in [1.807, 2.05) is 0 Å². The van der Waals surface area contributed by atoms with Crippen LogP contribution in [0.1, 0.15) is 18.0 Å². The van der Waals surface area contributed by atoms with Crippen molar-refractivity contribution in [3.05, 3.63) is 27.2 Å². The van der Waals surface area contributed by atoms with Gasteiger partial charge in [0.15, 0.2) is 9.84 Å². The molecule has 0 aromatic heterocycles. The van der Waals surface area contributed by atoms with E-state index in [0.717, 1.165) is 5.56 Å². The normalized spacial score (nSPS) is 23.3. The molecule has 1 heterocycles. The summed E-state index contributed by atoms with van der Waals surface area (Å²) in [6.45, 7) is 0. The molecule has 0 bridgehead atoms. The summed E-state index contributed by atoms with van der Waals surface area (Å²) in [5, 5.41) is 0.541. The van der Waals surface area contributed by atoms with Gasteiger partial charge in [-0.2, -0.15) is 0 Å². The second-order valence-corrected chi connectivity index (χ2v) is 8.22. The molecule has 106 valence electrons. The van der Waals surface area contributed by atoms with Crippen molar-refractivity contribution < 1.29 is 13.2 Å². The van der Waals surface area contributed by atoms with Gasteiger partial charge in [0.05, 0.1) is 23.1 Å². The third-order valence-corrected chi connectivity index (χ3v) is 5.98. The van der Waals surface area contributed by atoms with Gasteiger partial charge in [0.25, 0.3) is 0 Å². The molecule has 19 heavy (non-hydrogen) atoms. The summed E-state index contributed by atoms with van der Waals surface area (Å²) in [5.74, 6) is 0.849. The summed E-state index contributed by atoms with van der Waals surface area (Å²) in [7, 11) is -1.40. The molecule has 0 aliphatic carbocycles. The van der Waals surface area contributed by atoms with Crippen molar-refractivity contribution in [2.75, 3.05) is 18.6 Å². The highest BCUT2D eigenvalue weighted by Crippen LogP contribution is 2.39. The van der Waals surface area contributed by atoms with Gasteiger partial charge in [-0.05, 0) is 40.4 Å². The van der Waals surface area contributed by atoms with Gasteiger partial charge in [-0.3, -0.25) is 0 Å². The molecule has 7 heteroatoms. The molecule has 0 saturated carbocycles. The molecular formula is C12H15BrClNO3S. The van der Waals surface area contributed by atoms with E-state index in [4.69, 9.17) is 22.1 Å². The Balaban J connectivity index is 2.36. The first kappa shape index (κ1) is 15.1. The number of benzene rings is 1. The lowest BCUT2D eigenvalue weighted by atomic mass is 9.93. The van der Waals surface area contributed by atoms with E-state index < -0.39 is 15.9 Å². The van der Waals surface area contributed by atoms with Gasteiger partial charge in [-0.25, -0.2) is 8.42 Å². The molecule has 1 fully saturated rings. The van der Waals surface area contributed by atoms with Crippen LogP contribution in [-0.4, -0.2) is 27.0 Å². The van der Waals surface area contributed by atoms with Crippen LogP contribution in [0.15, 0.2) is 16.6 Å². The van der Waals surface area contributed by atoms with Crippen molar-refractivity contribution >= 4 is 37.4 Å². The van der Waals surface area contributed by atoms with Gasteiger partial charge < -0.3 is 10.5 Å². The van der Waals surface area contributed by atoms with Gasteiger partial charge in [0.1, 0.15) is 5.75 Å². The van der Waals surface area contributed by atoms with E-state index in [2.05, 4.69) is 15.9 Å². The molecule has 4 nitrogen and oxygen atoms in total. The van der Waals surface area contributed by atoms with Gasteiger partial charge in [0.2, 0.25) is 0 Å².